The summed E-state index contributed by atoms with van der Waals surface area (Å²) in [6.07, 6.45) is 3.51. The second-order valence-electron chi connectivity index (χ2n) is 8.93. The van der Waals surface area contributed by atoms with E-state index in [0.29, 0.717) is 22.8 Å². The predicted molar refractivity (Wildman–Crippen MR) is 136 cm³/mol. The first kappa shape index (κ1) is 23.0. The van der Waals surface area contributed by atoms with Crippen molar-refractivity contribution in [2.24, 2.45) is 7.05 Å². The summed E-state index contributed by atoms with van der Waals surface area (Å²) in [5.41, 5.74) is 3.56. The first-order valence-corrected chi connectivity index (χ1v) is 12.0. The number of rotatable bonds is 6. The Hall–Kier alpha value is -3.78. The number of halogens is 1. The number of nitrogens with zero attached hydrogens (tertiary/aromatic N) is 4. The van der Waals surface area contributed by atoms with E-state index in [-0.39, 0.29) is 23.5 Å². The van der Waals surface area contributed by atoms with E-state index in [4.69, 9.17) is 4.98 Å². The van der Waals surface area contributed by atoms with Crippen LogP contribution in [0.15, 0.2) is 71.7 Å². The average Bonchev–Trinajstić information content (AvgIpc) is 3.16. The number of benzene rings is 2. The van der Waals surface area contributed by atoms with Crippen LogP contribution in [0.25, 0.3) is 22.5 Å². The number of anilines is 1. The van der Waals surface area contributed by atoms with Crippen LogP contribution in [0.4, 0.5) is 10.3 Å². The fraction of sp³-hybridized carbons (Fsp3) is 0.296. The fourth-order valence-corrected chi connectivity index (χ4v) is 4.81. The Morgan fingerprint density at radius 2 is 1.77 bits per heavy atom. The zero-order valence-electron chi connectivity index (χ0n) is 19.9. The summed E-state index contributed by atoms with van der Waals surface area (Å²) in [7, 11) is 1.79. The van der Waals surface area contributed by atoms with E-state index in [0.717, 1.165) is 37.2 Å². The normalized spacial score (nSPS) is 15.2. The standard InChI is InChI=1S/C27H29FN6O/c1-18(19-6-4-3-5-7-19)31-27-30-17-14-23(32-27)25-24(20-8-10-21(28)11-9-20)26(35)33(2)34(25)22-12-15-29-16-13-22/h3-11,14,17-18,22,29H,12-13,15-16H2,1-2H3,(H,30,31,32)/t18-/m0/s1. The van der Waals surface area contributed by atoms with Crippen molar-refractivity contribution in [1.82, 2.24) is 24.6 Å². The van der Waals surface area contributed by atoms with E-state index in [1.807, 2.05) is 24.3 Å². The monoisotopic (exact) mass is 472 g/mol. The molecule has 180 valence electrons. The number of piperidine rings is 1. The lowest BCUT2D eigenvalue weighted by Gasteiger charge is -2.27. The first-order chi connectivity index (χ1) is 17.0. The van der Waals surface area contributed by atoms with Gasteiger partial charge in [-0.25, -0.2) is 14.4 Å². The number of nitrogens with one attached hydrogen (secondary N) is 2. The van der Waals surface area contributed by atoms with Gasteiger partial charge >= 0.3 is 0 Å². The second-order valence-corrected chi connectivity index (χ2v) is 8.93. The van der Waals surface area contributed by atoms with Gasteiger partial charge in [0.25, 0.3) is 5.56 Å². The molecule has 0 spiro atoms. The predicted octanol–water partition coefficient (Wildman–Crippen LogP) is 4.55. The van der Waals surface area contributed by atoms with Gasteiger partial charge in [0.05, 0.1) is 29.0 Å². The van der Waals surface area contributed by atoms with Crippen molar-refractivity contribution in [3.8, 4) is 22.5 Å². The molecule has 7 nitrogen and oxygen atoms in total. The summed E-state index contributed by atoms with van der Waals surface area (Å²) < 4.78 is 17.4. The number of hydrogen-bond donors (Lipinski definition) is 2. The molecule has 0 radical (unpaired) electrons. The van der Waals surface area contributed by atoms with Crippen molar-refractivity contribution in [2.75, 3.05) is 18.4 Å². The molecule has 1 fully saturated rings. The van der Waals surface area contributed by atoms with Gasteiger partial charge in [0, 0.05) is 13.2 Å². The number of hydrogen-bond acceptors (Lipinski definition) is 5. The second kappa shape index (κ2) is 9.84. The molecule has 2 N–H and O–H groups in total. The lowest BCUT2D eigenvalue weighted by Crippen LogP contribution is -2.33. The first-order valence-electron chi connectivity index (χ1n) is 12.0. The van der Waals surface area contributed by atoms with E-state index in [9.17, 15) is 9.18 Å². The van der Waals surface area contributed by atoms with E-state index >= 15 is 0 Å². The zero-order chi connectivity index (χ0) is 24.4. The number of aromatic nitrogens is 4. The Morgan fingerprint density at radius 3 is 2.49 bits per heavy atom. The van der Waals surface area contributed by atoms with E-state index in [1.165, 1.54) is 12.1 Å². The molecule has 2 aromatic carbocycles. The van der Waals surface area contributed by atoms with Crippen molar-refractivity contribution in [2.45, 2.75) is 31.8 Å². The third-order valence-corrected chi connectivity index (χ3v) is 6.63. The molecule has 0 aliphatic carbocycles. The van der Waals surface area contributed by atoms with Crippen molar-refractivity contribution in [1.29, 1.82) is 0 Å². The van der Waals surface area contributed by atoms with Crippen LogP contribution in [0.1, 0.15) is 37.4 Å². The van der Waals surface area contributed by atoms with Crippen molar-refractivity contribution in [3.05, 3.63) is 88.6 Å². The highest BCUT2D eigenvalue weighted by molar-refractivity contribution is 5.79. The van der Waals surface area contributed by atoms with Crippen LogP contribution in [0.2, 0.25) is 0 Å². The van der Waals surface area contributed by atoms with E-state index in [1.54, 1.807) is 30.1 Å². The molecule has 1 aliphatic heterocycles. The third-order valence-electron chi connectivity index (χ3n) is 6.63. The highest BCUT2D eigenvalue weighted by Crippen LogP contribution is 2.34. The minimum atomic E-state index is -0.340. The summed E-state index contributed by atoms with van der Waals surface area (Å²) in [5.74, 6) is 0.144. The maximum Gasteiger partial charge on any atom is 0.274 e. The molecule has 5 rings (SSSR count). The zero-order valence-corrected chi connectivity index (χ0v) is 19.9. The maximum absolute atomic E-state index is 13.7. The van der Waals surface area contributed by atoms with Gasteiger partial charge in [-0.15, -0.1) is 0 Å². The fourth-order valence-electron chi connectivity index (χ4n) is 4.81. The summed E-state index contributed by atoms with van der Waals surface area (Å²) >= 11 is 0. The van der Waals surface area contributed by atoms with Gasteiger partial charge < -0.3 is 10.6 Å². The minimum Gasteiger partial charge on any atom is -0.348 e. The van der Waals surface area contributed by atoms with Gasteiger partial charge in [-0.05, 0) is 62.2 Å². The highest BCUT2D eigenvalue weighted by atomic mass is 19.1. The molecule has 0 saturated carbocycles. The lowest BCUT2D eigenvalue weighted by atomic mass is 10.0. The van der Waals surface area contributed by atoms with Gasteiger partial charge in [-0.3, -0.25) is 14.2 Å². The molecule has 0 amide bonds. The molecule has 4 aromatic rings. The molecule has 8 heteroatoms. The van der Waals surface area contributed by atoms with Crippen LogP contribution >= 0.6 is 0 Å². The third kappa shape index (κ3) is 4.61. The van der Waals surface area contributed by atoms with E-state index in [2.05, 4.69) is 39.4 Å². The molecule has 1 saturated heterocycles. The Labute approximate surface area is 203 Å². The largest absolute Gasteiger partial charge is 0.348 e. The van der Waals surface area contributed by atoms with Crippen LogP contribution in [0.5, 0.6) is 0 Å². The Bertz CT molecular complexity index is 1360. The Morgan fingerprint density at radius 1 is 1.06 bits per heavy atom. The molecular weight excluding hydrogens is 443 g/mol. The Kier molecular flexibility index (Phi) is 6.46. The summed E-state index contributed by atoms with van der Waals surface area (Å²) in [6, 6.07) is 18.2. The van der Waals surface area contributed by atoms with E-state index < -0.39 is 0 Å². The van der Waals surface area contributed by atoms with Crippen molar-refractivity contribution < 1.29 is 4.39 Å². The highest BCUT2D eigenvalue weighted by Gasteiger charge is 2.28. The van der Waals surface area contributed by atoms with Crippen LogP contribution < -0.4 is 16.2 Å². The van der Waals surface area contributed by atoms with Gasteiger partial charge in [-0.1, -0.05) is 42.5 Å². The SMILES string of the molecule is C[C@H](Nc1nccc(-c2c(-c3ccc(F)cc3)c(=O)n(C)n2C2CCNCC2)n1)c1ccccc1. The smallest absolute Gasteiger partial charge is 0.274 e. The summed E-state index contributed by atoms with van der Waals surface area (Å²) in [4.78, 5) is 22.8. The van der Waals surface area contributed by atoms with Crippen LogP contribution in [0.3, 0.4) is 0 Å². The molecule has 2 aromatic heterocycles. The molecule has 1 aliphatic rings. The van der Waals surface area contributed by atoms with Gasteiger partial charge in [0.2, 0.25) is 5.95 Å². The maximum atomic E-state index is 13.7. The van der Waals surface area contributed by atoms with Crippen LogP contribution in [-0.2, 0) is 7.05 Å². The molecule has 35 heavy (non-hydrogen) atoms. The van der Waals surface area contributed by atoms with Crippen LogP contribution in [0, 0.1) is 5.82 Å². The van der Waals surface area contributed by atoms with Crippen molar-refractivity contribution in [3.63, 3.8) is 0 Å². The topological polar surface area (TPSA) is 76.8 Å². The molecule has 0 unspecified atom stereocenters. The van der Waals surface area contributed by atoms with Gasteiger partial charge in [0.1, 0.15) is 5.82 Å². The van der Waals surface area contributed by atoms with Crippen LogP contribution in [-0.4, -0.2) is 32.4 Å². The van der Waals surface area contributed by atoms with Gasteiger partial charge in [0.15, 0.2) is 0 Å². The Balaban J connectivity index is 1.62. The molecule has 3 heterocycles. The van der Waals surface area contributed by atoms with Crippen molar-refractivity contribution >= 4 is 5.95 Å². The quantitative estimate of drug-likeness (QED) is 0.431. The molecule has 1 atom stereocenters. The lowest BCUT2D eigenvalue weighted by molar-refractivity contribution is 0.313. The summed E-state index contributed by atoms with van der Waals surface area (Å²) in [6.45, 7) is 3.82. The average molecular weight is 473 g/mol. The summed E-state index contributed by atoms with van der Waals surface area (Å²) in [5, 5.41) is 6.77. The molecular formula is C27H29FN6O. The van der Waals surface area contributed by atoms with Gasteiger partial charge in [-0.2, -0.15) is 0 Å². The minimum absolute atomic E-state index is 0.00500. The molecule has 0 bridgehead atoms.